The molecule has 0 fully saturated rings. The highest BCUT2D eigenvalue weighted by molar-refractivity contribution is 6.36. The second-order valence-corrected chi connectivity index (χ2v) is 7.51. The number of rotatable bonds is 2. The van der Waals surface area contributed by atoms with Crippen LogP contribution < -0.4 is 9.80 Å². The van der Waals surface area contributed by atoms with Crippen molar-refractivity contribution in [1.29, 1.82) is 0 Å². The molecule has 0 saturated carbocycles. The van der Waals surface area contributed by atoms with Gasteiger partial charge in [-0.1, -0.05) is 35.4 Å². The van der Waals surface area contributed by atoms with Crippen molar-refractivity contribution in [2.45, 2.75) is 39.3 Å². The van der Waals surface area contributed by atoms with Gasteiger partial charge in [0.2, 0.25) is 0 Å². The molecule has 0 bridgehead atoms. The summed E-state index contributed by atoms with van der Waals surface area (Å²) in [7, 11) is 0. The molecule has 4 nitrogen and oxygen atoms in total. The average molecular weight is 375 g/mol. The van der Waals surface area contributed by atoms with Gasteiger partial charge in [-0.25, -0.2) is 9.97 Å². The lowest BCUT2D eigenvalue weighted by atomic mass is 10.2. The zero-order valence-electron chi connectivity index (χ0n) is 14.5. The summed E-state index contributed by atoms with van der Waals surface area (Å²) in [6.45, 7) is 7.19. The van der Waals surface area contributed by atoms with Gasteiger partial charge in [0.05, 0.1) is 10.7 Å². The SMILES string of the molecule is Cc1nc2c(c(N3C(C)C=CC3C)n1)CCN2c1ccc(Cl)cc1Cl. The molecule has 4 rings (SSSR count). The Morgan fingerprint density at radius 1 is 1.04 bits per heavy atom. The third kappa shape index (κ3) is 2.77. The summed E-state index contributed by atoms with van der Waals surface area (Å²) in [6.07, 6.45) is 5.37. The Balaban J connectivity index is 1.81. The molecule has 0 spiro atoms. The summed E-state index contributed by atoms with van der Waals surface area (Å²) in [4.78, 5) is 14.1. The molecule has 1 aromatic carbocycles. The molecule has 2 aromatic rings. The van der Waals surface area contributed by atoms with Crippen LogP contribution in [-0.2, 0) is 6.42 Å². The zero-order chi connectivity index (χ0) is 17.7. The van der Waals surface area contributed by atoms with E-state index in [1.165, 1.54) is 5.56 Å². The highest BCUT2D eigenvalue weighted by atomic mass is 35.5. The van der Waals surface area contributed by atoms with E-state index in [-0.39, 0.29) is 0 Å². The van der Waals surface area contributed by atoms with Crippen LogP contribution in [0.25, 0.3) is 0 Å². The molecule has 2 atom stereocenters. The van der Waals surface area contributed by atoms with Gasteiger partial charge in [-0.3, -0.25) is 0 Å². The standard InChI is InChI=1S/C19H20Cl2N4/c1-11-4-5-12(2)25(11)19-15-8-9-24(18(15)22-13(3)23-19)17-7-6-14(20)10-16(17)21/h4-7,10-12H,8-9H2,1-3H3. The number of fused-ring (bicyclic) bond motifs is 1. The van der Waals surface area contributed by atoms with E-state index in [1.54, 1.807) is 6.07 Å². The highest BCUT2D eigenvalue weighted by Crippen LogP contribution is 2.42. The van der Waals surface area contributed by atoms with Crippen molar-refractivity contribution in [2.75, 3.05) is 16.3 Å². The van der Waals surface area contributed by atoms with Gasteiger partial charge >= 0.3 is 0 Å². The number of hydrogen-bond donors (Lipinski definition) is 0. The third-order valence-electron chi connectivity index (χ3n) is 4.91. The Labute approximate surface area is 158 Å². The van der Waals surface area contributed by atoms with Crippen LogP contribution in [0.4, 0.5) is 17.3 Å². The first-order valence-corrected chi connectivity index (χ1v) is 9.28. The summed E-state index contributed by atoms with van der Waals surface area (Å²) in [5, 5.41) is 1.28. The maximum atomic E-state index is 6.44. The summed E-state index contributed by atoms with van der Waals surface area (Å²) in [5.41, 5.74) is 2.13. The third-order valence-corrected chi connectivity index (χ3v) is 5.44. The molecular weight excluding hydrogens is 355 g/mol. The first-order valence-electron chi connectivity index (χ1n) is 8.52. The fraction of sp³-hybridized carbons (Fsp3) is 0.368. The van der Waals surface area contributed by atoms with Crippen LogP contribution >= 0.6 is 23.2 Å². The summed E-state index contributed by atoms with van der Waals surface area (Å²) in [6, 6.07) is 6.27. The number of benzene rings is 1. The lowest BCUT2D eigenvalue weighted by molar-refractivity contribution is 0.707. The molecule has 0 radical (unpaired) electrons. The van der Waals surface area contributed by atoms with Crippen molar-refractivity contribution >= 4 is 40.5 Å². The maximum absolute atomic E-state index is 6.44. The molecule has 1 aromatic heterocycles. The van der Waals surface area contributed by atoms with Crippen LogP contribution in [0.3, 0.4) is 0 Å². The fourth-order valence-corrected chi connectivity index (χ4v) is 4.27. The first-order chi connectivity index (χ1) is 12.0. The molecule has 0 N–H and O–H groups in total. The Kier molecular flexibility index (Phi) is 4.13. The smallest absolute Gasteiger partial charge is 0.142 e. The molecule has 6 heteroatoms. The normalized spacial score (nSPS) is 22.0. The fourth-order valence-electron chi connectivity index (χ4n) is 3.75. The van der Waals surface area contributed by atoms with Gasteiger partial charge in [-0.15, -0.1) is 0 Å². The van der Waals surface area contributed by atoms with E-state index in [2.05, 4.69) is 35.8 Å². The highest BCUT2D eigenvalue weighted by Gasteiger charge is 2.33. The molecule has 25 heavy (non-hydrogen) atoms. The summed E-state index contributed by atoms with van der Waals surface area (Å²) in [5.74, 6) is 2.77. The molecule has 0 amide bonds. The minimum absolute atomic E-state index is 0.335. The number of anilines is 3. The van der Waals surface area contributed by atoms with Gasteiger partial charge < -0.3 is 9.80 Å². The van der Waals surface area contributed by atoms with Crippen LogP contribution in [0.15, 0.2) is 30.4 Å². The molecule has 0 aliphatic carbocycles. The lowest BCUT2D eigenvalue weighted by Crippen LogP contribution is -2.35. The number of aryl methyl sites for hydroxylation is 1. The Bertz CT molecular complexity index is 853. The largest absolute Gasteiger partial charge is 0.344 e. The van der Waals surface area contributed by atoms with Gasteiger partial charge in [0.25, 0.3) is 0 Å². The van der Waals surface area contributed by atoms with E-state index in [1.807, 2.05) is 19.1 Å². The monoisotopic (exact) mass is 374 g/mol. The van der Waals surface area contributed by atoms with Crippen LogP contribution in [-0.4, -0.2) is 28.6 Å². The molecule has 2 aliphatic rings. The Morgan fingerprint density at radius 3 is 2.40 bits per heavy atom. The number of hydrogen-bond acceptors (Lipinski definition) is 4. The van der Waals surface area contributed by atoms with Crippen molar-refractivity contribution in [2.24, 2.45) is 0 Å². The maximum Gasteiger partial charge on any atom is 0.142 e. The van der Waals surface area contributed by atoms with E-state index >= 15 is 0 Å². The van der Waals surface area contributed by atoms with Gasteiger partial charge in [-0.2, -0.15) is 0 Å². The molecule has 3 heterocycles. The molecule has 0 saturated heterocycles. The van der Waals surface area contributed by atoms with E-state index < -0.39 is 0 Å². The predicted molar refractivity (Wildman–Crippen MR) is 104 cm³/mol. The van der Waals surface area contributed by atoms with Gasteiger partial charge in [-0.05, 0) is 45.4 Å². The minimum Gasteiger partial charge on any atom is -0.344 e. The topological polar surface area (TPSA) is 32.3 Å². The van der Waals surface area contributed by atoms with E-state index in [4.69, 9.17) is 33.2 Å². The quantitative estimate of drug-likeness (QED) is 0.696. The zero-order valence-corrected chi connectivity index (χ0v) is 16.0. The lowest BCUT2D eigenvalue weighted by Gasteiger charge is -2.30. The molecule has 2 unspecified atom stereocenters. The Morgan fingerprint density at radius 2 is 1.72 bits per heavy atom. The van der Waals surface area contributed by atoms with Crippen molar-refractivity contribution in [3.8, 4) is 0 Å². The van der Waals surface area contributed by atoms with Crippen LogP contribution in [0.5, 0.6) is 0 Å². The van der Waals surface area contributed by atoms with Crippen molar-refractivity contribution in [3.63, 3.8) is 0 Å². The van der Waals surface area contributed by atoms with E-state index in [9.17, 15) is 0 Å². The van der Waals surface area contributed by atoms with E-state index in [0.717, 1.165) is 36.1 Å². The van der Waals surface area contributed by atoms with Gasteiger partial charge in [0, 0.05) is 29.2 Å². The van der Waals surface area contributed by atoms with Gasteiger partial charge in [0.15, 0.2) is 0 Å². The predicted octanol–water partition coefficient (Wildman–Crippen LogP) is 4.94. The molecule has 130 valence electrons. The van der Waals surface area contributed by atoms with Gasteiger partial charge in [0.1, 0.15) is 17.5 Å². The second kappa shape index (κ2) is 6.19. The number of nitrogens with zero attached hydrogens (tertiary/aromatic N) is 4. The molecular formula is C19H20Cl2N4. The van der Waals surface area contributed by atoms with E-state index in [0.29, 0.717) is 22.1 Å². The Hall–Kier alpha value is -1.78. The van der Waals surface area contributed by atoms with Crippen molar-refractivity contribution in [1.82, 2.24) is 9.97 Å². The van der Waals surface area contributed by atoms with Crippen LogP contribution in [0.1, 0.15) is 25.2 Å². The second-order valence-electron chi connectivity index (χ2n) is 6.67. The minimum atomic E-state index is 0.335. The van der Waals surface area contributed by atoms with Crippen molar-refractivity contribution in [3.05, 3.63) is 51.8 Å². The number of halogens is 2. The summed E-state index contributed by atoms with van der Waals surface area (Å²) < 4.78 is 0. The summed E-state index contributed by atoms with van der Waals surface area (Å²) >= 11 is 12.5. The van der Waals surface area contributed by atoms with Crippen LogP contribution in [0, 0.1) is 6.92 Å². The molecule has 2 aliphatic heterocycles. The van der Waals surface area contributed by atoms with Crippen LogP contribution in [0.2, 0.25) is 10.0 Å². The van der Waals surface area contributed by atoms with Crippen molar-refractivity contribution < 1.29 is 0 Å². The first kappa shape index (κ1) is 16.7. The average Bonchev–Trinajstić information content (AvgIpc) is 3.10. The number of aromatic nitrogens is 2.